The highest BCUT2D eigenvalue weighted by atomic mass is 79.9. The zero-order chi connectivity index (χ0) is 23.3. The molecule has 2 amide bonds. The van der Waals surface area contributed by atoms with Gasteiger partial charge < -0.3 is 9.47 Å². The van der Waals surface area contributed by atoms with Crippen LogP contribution in [-0.2, 0) is 15.0 Å². The van der Waals surface area contributed by atoms with Crippen LogP contribution >= 0.6 is 15.9 Å². The van der Waals surface area contributed by atoms with Crippen LogP contribution in [0.4, 0.5) is 9.18 Å². The standard InChI is InChI=1S/C23H23BrFN3O4/c1-22(2,3)32-21(30)28(19(29)13-8-6-5-7-9-13)20-27-23(4,15-11-17(15)31-20)16-10-14(24)12-26-18(16)25/h5-10,12,15,17H,11H2,1-4H3/t15-,17?,23-/m1/s1. The van der Waals surface area contributed by atoms with Crippen molar-refractivity contribution < 1.29 is 23.5 Å². The van der Waals surface area contributed by atoms with Gasteiger partial charge in [0.1, 0.15) is 11.7 Å². The first-order valence-corrected chi connectivity index (χ1v) is 11.0. The van der Waals surface area contributed by atoms with Crippen LogP contribution in [-0.4, -0.2) is 39.6 Å². The smallest absolute Gasteiger partial charge is 0.425 e. The van der Waals surface area contributed by atoms with E-state index in [-0.39, 0.29) is 29.2 Å². The number of fused-ring (bicyclic) bond motifs is 1. The fourth-order valence-electron chi connectivity index (χ4n) is 3.74. The Balaban J connectivity index is 1.80. The second kappa shape index (κ2) is 7.95. The summed E-state index contributed by atoms with van der Waals surface area (Å²) in [5.41, 5.74) is -1.40. The number of carbonyl (C=O) groups is 2. The van der Waals surface area contributed by atoms with E-state index >= 15 is 0 Å². The molecule has 3 atom stereocenters. The fraction of sp³-hybridized carbons (Fsp3) is 0.391. The summed E-state index contributed by atoms with van der Waals surface area (Å²) in [5, 5.41) is 0. The first-order chi connectivity index (χ1) is 15.0. The van der Waals surface area contributed by atoms with Gasteiger partial charge in [0.05, 0.1) is 5.54 Å². The summed E-state index contributed by atoms with van der Waals surface area (Å²) in [7, 11) is 0. The van der Waals surface area contributed by atoms with Gasteiger partial charge in [-0.15, -0.1) is 0 Å². The zero-order valence-electron chi connectivity index (χ0n) is 18.1. The second-order valence-corrected chi connectivity index (χ2v) is 9.93. The minimum absolute atomic E-state index is 0.107. The molecule has 2 heterocycles. The molecule has 168 valence electrons. The second-order valence-electron chi connectivity index (χ2n) is 9.02. The van der Waals surface area contributed by atoms with Crippen molar-refractivity contribution >= 4 is 34.0 Å². The number of amidine groups is 1. The third-order valence-corrected chi connectivity index (χ3v) is 5.81. The molecule has 2 aliphatic rings. The molecule has 0 bridgehead atoms. The van der Waals surface area contributed by atoms with Crippen LogP contribution in [0.25, 0.3) is 0 Å². The van der Waals surface area contributed by atoms with Crippen molar-refractivity contribution in [2.45, 2.75) is 51.4 Å². The van der Waals surface area contributed by atoms with Gasteiger partial charge in [0.15, 0.2) is 0 Å². The molecule has 0 N–H and O–H groups in total. The zero-order valence-corrected chi connectivity index (χ0v) is 19.7. The molecule has 1 aliphatic heterocycles. The van der Waals surface area contributed by atoms with E-state index in [0.29, 0.717) is 10.9 Å². The molecule has 1 aromatic heterocycles. The van der Waals surface area contributed by atoms with E-state index in [1.165, 1.54) is 6.20 Å². The Bertz CT molecular complexity index is 1100. The maximum Gasteiger partial charge on any atom is 0.425 e. The number of benzene rings is 1. The highest BCUT2D eigenvalue weighted by Crippen LogP contribution is 2.53. The number of imide groups is 1. The molecule has 2 aromatic rings. The summed E-state index contributed by atoms with van der Waals surface area (Å²) in [6, 6.07) is 9.70. The summed E-state index contributed by atoms with van der Waals surface area (Å²) in [5.74, 6) is -1.42. The van der Waals surface area contributed by atoms with Crippen LogP contribution in [0.15, 0.2) is 52.1 Å². The molecular formula is C23H23BrFN3O4. The van der Waals surface area contributed by atoms with Crippen LogP contribution in [0.2, 0.25) is 0 Å². The lowest BCUT2D eigenvalue weighted by Gasteiger charge is -2.34. The highest BCUT2D eigenvalue weighted by molar-refractivity contribution is 9.10. The molecule has 0 spiro atoms. The number of aliphatic imine (C=N–C) groups is 1. The van der Waals surface area contributed by atoms with Crippen molar-refractivity contribution in [3.05, 3.63) is 64.1 Å². The minimum Gasteiger partial charge on any atom is -0.461 e. The van der Waals surface area contributed by atoms with E-state index in [1.807, 2.05) is 0 Å². The molecule has 9 heteroatoms. The largest absolute Gasteiger partial charge is 0.461 e. The van der Waals surface area contributed by atoms with E-state index < -0.39 is 29.1 Å². The van der Waals surface area contributed by atoms with Crippen molar-refractivity contribution in [2.24, 2.45) is 10.9 Å². The number of hydrogen-bond acceptors (Lipinski definition) is 6. The molecule has 1 unspecified atom stereocenters. The van der Waals surface area contributed by atoms with E-state index in [0.717, 1.165) is 4.90 Å². The normalized spacial score (nSPS) is 24.0. The topological polar surface area (TPSA) is 81.1 Å². The summed E-state index contributed by atoms with van der Waals surface area (Å²) >= 11 is 3.33. The highest BCUT2D eigenvalue weighted by Gasteiger charge is 2.59. The van der Waals surface area contributed by atoms with E-state index in [9.17, 15) is 14.0 Å². The number of pyridine rings is 1. The van der Waals surface area contributed by atoms with Gasteiger partial charge in [-0.1, -0.05) is 18.2 Å². The van der Waals surface area contributed by atoms with Crippen molar-refractivity contribution in [1.29, 1.82) is 0 Å². The van der Waals surface area contributed by atoms with E-state index in [2.05, 4.69) is 25.9 Å². The number of nitrogens with zero attached hydrogens (tertiary/aromatic N) is 3. The monoisotopic (exact) mass is 503 g/mol. The number of aromatic nitrogens is 1. The molecule has 1 fully saturated rings. The molecule has 0 radical (unpaired) electrons. The van der Waals surface area contributed by atoms with Gasteiger partial charge in [-0.3, -0.25) is 4.79 Å². The van der Waals surface area contributed by atoms with Gasteiger partial charge >= 0.3 is 12.1 Å². The first kappa shape index (κ1) is 22.4. The molecule has 0 saturated heterocycles. The van der Waals surface area contributed by atoms with Crippen LogP contribution in [0.3, 0.4) is 0 Å². The Morgan fingerprint density at radius 2 is 1.97 bits per heavy atom. The van der Waals surface area contributed by atoms with Gasteiger partial charge in [0.2, 0.25) is 5.95 Å². The molecule has 32 heavy (non-hydrogen) atoms. The van der Waals surface area contributed by atoms with Crippen molar-refractivity contribution in [3.63, 3.8) is 0 Å². The van der Waals surface area contributed by atoms with E-state index in [4.69, 9.17) is 9.47 Å². The summed E-state index contributed by atoms with van der Waals surface area (Å²) in [6.07, 6.45) is 0.748. The number of rotatable bonds is 2. The maximum atomic E-state index is 14.7. The third kappa shape index (κ3) is 4.26. The van der Waals surface area contributed by atoms with Gasteiger partial charge in [-0.25, -0.2) is 14.8 Å². The predicted octanol–water partition coefficient (Wildman–Crippen LogP) is 5.05. The van der Waals surface area contributed by atoms with Crippen LogP contribution < -0.4 is 0 Å². The lowest BCUT2D eigenvalue weighted by atomic mass is 9.88. The van der Waals surface area contributed by atoms with Gasteiger partial charge in [0.25, 0.3) is 5.91 Å². The minimum atomic E-state index is -1.07. The lowest BCUT2D eigenvalue weighted by Crippen LogP contribution is -2.49. The Labute approximate surface area is 193 Å². The van der Waals surface area contributed by atoms with Crippen molar-refractivity contribution in [1.82, 2.24) is 9.88 Å². The van der Waals surface area contributed by atoms with Gasteiger partial charge in [0, 0.05) is 27.7 Å². The Morgan fingerprint density at radius 1 is 1.28 bits per heavy atom. The number of ether oxygens (including phenoxy) is 2. The maximum absolute atomic E-state index is 14.7. The lowest BCUT2D eigenvalue weighted by molar-refractivity contribution is 0.0288. The summed E-state index contributed by atoms with van der Waals surface area (Å²) in [6.45, 7) is 6.85. The average molecular weight is 504 g/mol. The molecule has 1 aromatic carbocycles. The molecule has 7 nitrogen and oxygen atoms in total. The first-order valence-electron chi connectivity index (χ1n) is 10.2. The number of hydrogen-bond donors (Lipinski definition) is 0. The quantitative estimate of drug-likeness (QED) is 0.535. The number of halogens is 2. The molecule has 4 rings (SSSR count). The Morgan fingerprint density at radius 3 is 2.62 bits per heavy atom. The van der Waals surface area contributed by atoms with Gasteiger partial charge in [-0.2, -0.15) is 9.29 Å². The third-order valence-electron chi connectivity index (χ3n) is 5.38. The van der Waals surface area contributed by atoms with E-state index in [1.54, 1.807) is 64.1 Å². The average Bonchev–Trinajstić information content (AvgIpc) is 3.50. The SMILES string of the molecule is CC(C)(C)OC(=O)N(C(=O)c1ccccc1)C1=N[C@@](C)(c2cc(Br)cnc2F)[C@@H]2CC2O1. The van der Waals surface area contributed by atoms with Crippen molar-refractivity contribution in [2.75, 3.05) is 0 Å². The summed E-state index contributed by atoms with van der Waals surface area (Å²) in [4.78, 5) is 35.6. The number of amides is 2. The van der Waals surface area contributed by atoms with Crippen molar-refractivity contribution in [3.8, 4) is 0 Å². The fourth-order valence-corrected chi connectivity index (χ4v) is 4.07. The Hall–Kier alpha value is -2.81. The Kier molecular flexibility index (Phi) is 5.56. The summed E-state index contributed by atoms with van der Waals surface area (Å²) < 4.78 is 26.7. The van der Waals surface area contributed by atoms with Crippen LogP contribution in [0, 0.1) is 11.9 Å². The van der Waals surface area contributed by atoms with Crippen LogP contribution in [0.5, 0.6) is 0 Å². The molecule has 1 saturated carbocycles. The molecule has 1 aliphatic carbocycles. The number of carbonyl (C=O) groups excluding carboxylic acids is 2. The molecular weight excluding hydrogens is 481 g/mol. The van der Waals surface area contributed by atoms with Crippen LogP contribution in [0.1, 0.15) is 50.0 Å². The van der Waals surface area contributed by atoms with Gasteiger partial charge in [-0.05, 0) is 68.2 Å². The predicted molar refractivity (Wildman–Crippen MR) is 119 cm³/mol.